The average molecular weight is 534 g/mol. The van der Waals surface area contributed by atoms with Gasteiger partial charge in [0.15, 0.2) is 9.84 Å². The van der Waals surface area contributed by atoms with E-state index in [1.807, 2.05) is 0 Å². The molecule has 10 heteroatoms. The number of pyridine rings is 1. The first kappa shape index (κ1) is 26.6. The first-order chi connectivity index (χ1) is 18.3. The predicted molar refractivity (Wildman–Crippen MR) is 144 cm³/mol. The van der Waals surface area contributed by atoms with Gasteiger partial charge in [-0.1, -0.05) is 30.3 Å². The lowest BCUT2D eigenvalue weighted by Gasteiger charge is -2.28. The van der Waals surface area contributed by atoms with E-state index in [0.717, 1.165) is 0 Å². The van der Waals surface area contributed by atoms with E-state index in [1.165, 1.54) is 37.4 Å². The number of benzene rings is 3. The van der Waals surface area contributed by atoms with Crippen molar-refractivity contribution in [1.82, 2.24) is 10.5 Å². The average Bonchev–Trinajstić information content (AvgIpc) is 2.95. The Morgan fingerprint density at radius 1 is 0.974 bits per heavy atom. The van der Waals surface area contributed by atoms with Gasteiger partial charge in [0.25, 0.3) is 5.91 Å². The summed E-state index contributed by atoms with van der Waals surface area (Å²) in [7, 11) is -0.980. The molecule has 0 fully saturated rings. The number of para-hydroxylation sites is 1. The number of aryl methyl sites for hydroxylation is 1. The summed E-state index contributed by atoms with van der Waals surface area (Å²) in [5.41, 5.74) is 4.21. The second kappa shape index (κ2) is 11.3. The monoisotopic (exact) mass is 533 g/mol. The van der Waals surface area contributed by atoms with Crippen LogP contribution in [-0.4, -0.2) is 44.6 Å². The van der Waals surface area contributed by atoms with E-state index >= 15 is 0 Å². The lowest BCUT2D eigenvalue weighted by molar-refractivity contribution is 0.0707. The van der Waals surface area contributed by atoms with E-state index in [2.05, 4.69) is 4.98 Å². The van der Waals surface area contributed by atoms with Crippen LogP contribution < -0.4 is 19.9 Å². The molecule has 0 bridgehead atoms. The molecule has 9 nitrogen and oxygen atoms in total. The maximum absolute atomic E-state index is 14.1. The Hall–Kier alpha value is -4.41. The minimum atomic E-state index is -4.02. The fourth-order valence-electron chi connectivity index (χ4n) is 4.26. The van der Waals surface area contributed by atoms with Crippen molar-refractivity contribution in [3.8, 4) is 22.6 Å². The normalized spacial score (nSPS) is 11.1. The van der Waals surface area contributed by atoms with Crippen molar-refractivity contribution in [2.75, 3.05) is 25.0 Å². The van der Waals surface area contributed by atoms with E-state index in [9.17, 15) is 18.4 Å². The molecular weight excluding hydrogens is 506 g/mol. The number of amides is 1. The molecule has 196 valence electrons. The van der Waals surface area contributed by atoms with Crippen LogP contribution in [0.25, 0.3) is 11.1 Å². The lowest BCUT2D eigenvalue weighted by atomic mass is 10.0. The largest absolute Gasteiger partial charge is 0.497 e. The summed E-state index contributed by atoms with van der Waals surface area (Å²) in [6.45, 7) is 1.76. The van der Waals surface area contributed by atoms with Gasteiger partial charge < -0.3 is 14.4 Å². The molecule has 1 heterocycles. The first-order valence-corrected chi connectivity index (χ1v) is 13.2. The molecule has 4 rings (SSSR count). The van der Waals surface area contributed by atoms with Crippen LogP contribution in [0.5, 0.6) is 11.5 Å². The standard InChI is InChI=1S/C28H27N3O6S/c1-19-8-6-11-24(28(32)30-33)27(19)31(20-9-7-15-29-17-20)18-38(34,35)26-12-5-4-10-23(26)22-14-13-21(36-2)16-25(22)37-3/h4-17,33H,18H2,1-3H3,(H,30,32). The van der Waals surface area contributed by atoms with Crippen molar-refractivity contribution in [1.29, 1.82) is 0 Å². The van der Waals surface area contributed by atoms with E-state index < -0.39 is 21.6 Å². The number of methoxy groups -OCH3 is 2. The van der Waals surface area contributed by atoms with Gasteiger partial charge in [0.1, 0.15) is 17.4 Å². The number of nitrogens with one attached hydrogen (secondary N) is 1. The molecule has 0 aliphatic rings. The van der Waals surface area contributed by atoms with Crippen molar-refractivity contribution in [3.63, 3.8) is 0 Å². The zero-order valence-electron chi connectivity index (χ0n) is 21.1. The molecule has 3 aromatic carbocycles. The smallest absolute Gasteiger partial charge is 0.276 e. The first-order valence-electron chi connectivity index (χ1n) is 11.6. The number of nitrogens with zero attached hydrogens (tertiary/aromatic N) is 2. The lowest BCUT2D eigenvalue weighted by Crippen LogP contribution is -2.30. The van der Waals surface area contributed by atoms with Crippen LogP contribution in [0.15, 0.2) is 90.1 Å². The highest BCUT2D eigenvalue weighted by atomic mass is 32.2. The highest BCUT2D eigenvalue weighted by Gasteiger charge is 2.28. The second-order valence-electron chi connectivity index (χ2n) is 8.36. The number of hydrogen-bond acceptors (Lipinski definition) is 8. The summed E-state index contributed by atoms with van der Waals surface area (Å²) < 4.78 is 39.0. The summed E-state index contributed by atoms with van der Waals surface area (Å²) in [6.07, 6.45) is 3.08. The third-order valence-electron chi connectivity index (χ3n) is 6.03. The van der Waals surface area contributed by atoms with E-state index in [4.69, 9.17) is 9.47 Å². The van der Waals surface area contributed by atoms with E-state index in [-0.39, 0.29) is 10.5 Å². The fraction of sp³-hybridized carbons (Fsp3) is 0.143. The molecule has 4 aromatic rings. The third-order valence-corrected chi connectivity index (χ3v) is 7.66. The zero-order chi connectivity index (χ0) is 27.3. The Bertz CT molecular complexity index is 1560. The highest BCUT2D eigenvalue weighted by molar-refractivity contribution is 7.91. The maximum Gasteiger partial charge on any atom is 0.276 e. The number of carbonyl (C=O) groups is 1. The summed E-state index contributed by atoms with van der Waals surface area (Å²) in [4.78, 5) is 18.3. The Morgan fingerprint density at radius 3 is 2.45 bits per heavy atom. The molecule has 1 amide bonds. The van der Waals surface area contributed by atoms with Gasteiger partial charge in [-0.3, -0.25) is 15.0 Å². The van der Waals surface area contributed by atoms with Crippen LogP contribution in [0.3, 0.4) is 0 Å². The third kappa shape index (κ3) is 5.31. The molecule has 0 unspecified atom stereocenters. The van der Waals surface area contributed by atoms with Gasteiger partial charge in [-0.25, -0.2) is 13.9 Å². The number of anilines is 2. The van der Waals surface area contributed by atoms with Crippen LogP contribution in [0, 0.1) is 6.92 Å². The van der Waals surface area contributed by atoms with Crippen molar-refractivity contribution in [2.24, 2.45) is 0 Å². The SMILES string of the molecule is COc1ccc(-c2ccccc2S(=O)(=O)CN(c2cccnc2)c2c(C)cccc2C(=O)NO)c(OC)c1. The van der Waals surface area contributed by atoms with Gasteiger partial charge in [-0.05, 0) is 48.9 Å². The van der Waals surface area contributed by atoms with E-state index in [0.29, 0.717) is 39.6 Å². The number of rotatable bonds is 9. The molecule has 38 heavy (non-hydrogen) atoms. The molecule has 0 radical (unpaired) electrons. The van der Waals surface area contributed by atoms with Gasteiger partial charge in [0, 0.05) is 23.4 Å². The Kier molecular flexibility index (Phi) is 7.94. The van der Waals surface area contributed by atoms with Gasteiger partial charge in [-0.15, -0.1) is 0 Å². The summed E-state index contributed by atoms with van der Waals surface area (Å²) in [6, 6.07) is 20.1. The minimum absolute atomic E-state index is 0.0825. The molecule has 0 spiro atoms. The number of hydroxylamine groups is 1. The summed E-state index contributed by atoms with van der Waals surface area (Å²) >= 11 is 0. The molecule has 2 N–H and O–H groups in total. The number of ether oxygens (including phenoxy) is 2. The molecule has 0 aliphatic carbocycles. The van der Waals surface area contributed by atoms with Crippen LogP contribution in [-0.2, 0) is 9.84 Å². The number of carbonyl (C=O) groups excluding carboxylic acids is 1. The van der Waals surface area contributed by atoms with Crippen LogP contribution >= 0.6 is 0 Å². The van der Waals surface area contributed by atoms with Gasteiger partial charge in [-0.2, -0.15) is 0 Å². The summed E-state index contributed by atoms with van der Waals surface area (Å²) in [5.74, 6) is -0.247. The minimum Gasteiger partial charge on any atom is -0.497 e. The number of sulfone groups is 1. The van der Waals surface area contributed by atoms with Gasteiger partial charge in [0.2, 0.25) is 0 Å². The van der Waals surface area contributed by atoms with Crippen LogP contribution in [0.4, 0.5) is 11.4 Å². The Balaban J connectivity index is 1.88. The molecule has 0 atom stereocenters. The predicted octanol–water partition coefficient (Wildman–Crippen LogP) is 4.76. The molecule has 1 aromatic heterocycles. The van der Waals surface area contributed by atoms with Crippen LogP contribution in [0.2, 0.25) is 0 Å². The molecular formula is C28H27N3O6S. The fourth-order valence-corrected chi connectivity index (χ4v) is 5.82. The quantitative estimate of drug-likeness (QED) is 0.234. The maximum atomic E-state index is 14.1. The molecule has 0 saturated carbocycles. The number of hydrogen-bond donors (Lipinski definition) is 2. The van der Waals surface area contributed by atoms with Crippen LogP contribution in [0.1, 0.15) is 15.9 Å². The second-order valence-corrected chi connectivity index (χ2v) is 10.3. The molecule has 0 aliphatic heterocycles. The highest BCUT2D eigenvalue weighted by Crippen LogP contribution is 2.39. The Morgan fingerprint density at radius 2 is 1.76 bits per heavy atom. The Labute approximate surface area is 221 Å². The van der Waals surface area contributed by atoms with Crippen molar-refractivity contribution < 1.29 is 27.9 Å². The zero-order valence-corrected chi connectivity index (χ0v) is 21.9. The van der Waals surface area contributed by atoms with Gasteiger partial charge in [0.05, 0.1) is 42.3 Å². The molecule has 0 saturated heterocycles. The van der Waals surface area contributed by atoms with Crippen molar-refractivity contribution in [2.45, 2.75) is 11.8 Å². The van der Waals surface area contributed by atoms with Crippen molar-refractivity contribution in [3.05, 3.63) is 96.3 Å². The number of aromatic nitrogens is 1. The van der Waals surface area contributed by atoms with Gasteiger partial charge >= 0.3 is 0 Å². The van der Waals surface area contributed by atoms with E-state index in [1.54, 1.807) is 79.3 Å². The summed E-state index contributed by atoms with van der Waals surface area (Å²) in [5, 5.41) is 9.35. The van der Waals surface area contributed by atoms with Crippen molar-refractivity contribution >= 4 is 27.1 Å². The topological polar surface area (TPSA) is 118 Å².